The molecule has 134 valence electrons. The zero-order valence-corrected chi connectivity index (χ0v) is 15.3. The van der Waals surface area contributed by atoms with E-state index in [1.54, 1.807) is 6.20 Å². The van der Waals surface area contributed by atoms with Gasteiger partial charge in [0.05, 0.1) is 5.69 Å². The molecule has 3 rings (SSSR count). The minimum Gasteiger partial charge on any atom is -0.484 e. The van der Waals surface area contributed by atoms with Crippen LogP contribution in [0.3, 0.4) is 0 Å². The lowest BCUT2D eigenvalue weighted by Gasteiger charge is -2.13. The summed E-state index contributed by atoms with van der Waals surface area (Å²) in [5.74, 6) is 1.46. The normalized spacial score (nSPS) is 10.6. The van der Waals surface area contributed by atoms with E-state index in [0.717, 1.165) is 22.6 Å². The second-order valence-corrected chi connectivity index (χ2v) is 6.28. The van der Waals surface area contributed by atoms with Crippen molar-refractivity contribution in [3.05, 3.63) is 77.4 Å². The van der Waals surface area contributed by atoms with Crippen molar-refractivity contribution >= 4 is 5.91 Å². The van der Waals surface area contributed by atoms with Gasteiger partial charge in [0.2, 0.25) is 0 Å². The molecule has 0 atom stereocenters. The number of rotatable bonds is 6. The Bertz CT molecular complexity index is 915. The zero-order chi connectivity index (χ0) is 18.5. The lowest BCUT2D eigenvalue weighted by atomic mass is 10.1. The van der Waals surface area contributed by atoms with Crippen molar-refractivity contribution in [2.75, 3.05) is 6.61 Å². The monoisotopic (exact) mass is 349 g/mol. The zero-order valence-electron chi connectivity index (χ0n) is 15.3. The highest BCUT2D eigenvalue weighted by molar-refractivity contribution is 5.77. The van der Waals surface area contributed by atoms with Gasteiger partial charge in [-0.2, -0.15) is 0 Å². The van der Waals surface area contributed by atoms with E-state index in [-0.39, 0.29) is 12.5 Å². The molecular formula is C21H23N3O2. The quantitative estimate of drug-likeness (QED) is 0.741. The Morgan fingerprint density at radius 2 is 1.92 bits per heavy atom. The minimum atomic E-state index is -0.152. The van der Waals surface area contributed by atoms with Gasteiger partial charge >= 0.3 is 0 Å². The van der Waals surface area contributed by atoms with Crippen molar-refractivity contribution in [3.8, 4) is 11.4 Å². The fraction of sp³-hybridized carbons (Fsp3) is 0.238. The minimum absolute atomic E-state index is 0.00519. The van der Waals surface area contributed by atoms with Crippen LogP contribution in [0.25, 0.3) is 5.69 Å². The smallest absolute Gasteiger partial charge is 0.258 e. The summed E-state index contributed by atoms with van der Waals surface area (Å²) in [4.78, 5) is 16.4. The topological polar surface area (TPSA) is 56.1 Å². The molecule has 3 aromatic rings. The number of amides is 1. The van der Waals surface area contributed by atoms with Crippen molar-refractivity contribution in [3.63, 3.8) is 0 Å². The number of hydrogen-bond donors (Lipinski definition) is 1. The number of aryl methyl sites for hydroxylation is 3. The van der Waals surface area contributed by atoms with E-state index in [1.165, 1.54) is 5.56 Å². The lowest BCUT2D eigenvalue weighted by molar-refractivity contribution is -0.123. The molecule has 0 fully saturated rings. The number of aromatic nitrogens is 2. The third-order valence-corrected chi connectivity index (χ3v) is 4.40. The first-order valence-electron chi connectivity index (χ1n) is 8.59. The fourth-order valence-electron chi connectivity index (χ4n) is 2.73. The first-order chi connectivity index (χ1) is 12.5. The molecule has 1 aromatic heterocycles. The number of imidazole rings is 1. The first-order valence-corrected chi connectivity index (χ1v) is 8.59. The average molecular weight is 349 g/mol. The van der Waals surface area contributed by atoms with Gasteiger partial charge in [0, 0.05) is 18.9 Å². The van der Waals surface area contributed by atoms with Crippen LogP contribution in [0.2, 0.25) is 0 Å². The summed E-state index contributed by atoms with van der Waals surface area (Å²) in [6.45, 7) is 6.45. The maximum Gasteiger partial charge on any atom is 0.258 e. The van der Waals surface area contributed by atoms with Gasteiger partial charge in [0.25, 0.3) is 5.91 Å². The number of para-hydroxylation sites is 1. The number of hydrogen-bond acceptors (Lipinski definition) is 3. The van der Waals surface area contributed by atoms with Crippen molar-refractivity contribution in [1.82, 2.24) is 14.9 Å². The second kappa shape index (κ2) is 7.87. The van der Waals surface area contributed by atoms with Gasteiger partial charge < -0.3 is 14.6 Å². The molecule has 0 spiro atoms. The highest BCUT2D eigenvalue weighted by atomic mass is 16.5. The van der Waals surface area contributed by atoms with Crippen LogP contribution in [-0.4, -0.2) is 22.1 Å². The highest BCUT2D eigenvalue weighted by Gasteiger charge is 2.09. The maximum absolute atomic E-state index is 12.2. The Hall–Kier alpha value is -3.08. The molecule has 5 nitrogen and oxygen atoms in total. The molecule has 0 aliphatic heterocycles. The summed E-state index contributed by atoms with van der Waals surface area (Å²) in [5, 5.41) is 2.92. The lowest BCUT2D eigenvalue weighted by Crippen LogP contribution is -2.28. The molecule has 0 unspecified atom stereocenters. The summed E-state index contributed by atoms with van der Waals surface area (Å²) < 4.78 is 7.59. The molecule has 2 aromatic carbocycles. The van der Waals surface area contributed by atoms with Crippen molar-refractivity contribution < 1.29 is 9.53 Å². The van der Waals surface area contributed by atoms with Gasteiger partial charge in [-0.05, 0) is 55.7 Å². The van der Waals surface area contributed by atoms with Crippen LogP contribution in [0, 0.1) is 20.8 Å². The summed E-state index contributed by atoms with van der Waals surface area (Å²) in [5.41, 5.74) is 4.38. The van der Waals surface area contributed by atoms with Gasteiger partial charge in [0.15, 0.2) is 6.61 Å². The SMILES string of the molecule is Cc1ccc(OCC(=O)NCc2ccccc2-n2ccnc2C)cc1C. The van der Waals surface area contributed by atoms with Gasteiger partial charge in [0.1, 0.15) is 11.6 Å². The summed E-state index contributed by atoms with van der Waals surface area (Å²) in [6, 6.07) is 13.8. The number of nitrogens with zero attached hydrogens (tertiary/aromatic N) is 2. The van der Waals surface area contributed by atoms with E-state index in [9.17, 15) is 4.79 Å². The number of ether oxygens (including phenoxy) is 1. The Morgan fingerprint density at radius 1 is 1.12 bits per heavy atom. The van der Waals surface area contributed by atoms with Crippen LogP contribution in [0.4, 0.5) is 0 Å². The Balaban J connectivity index is 1.60. The van der Waals surface area contributed by atoms with Gasteiger partial charge in [-0.25, -0.2) is 4.98 Å². The molecule has 0 saturated carbocycles. The summed E-state index contributed by atoms with van der Waals surface area (Å²) in [6.07, 6.45) is 3.68. The second-order valence-electron chi connectivity index (χ2n) is 6.28. The van der Waals surface area contributed by atoms with E-state index < -0.39 is 0 Å². The molecule has 26 heavy (non-hydrogen) atoms. The van der Waals surface area contributed by atoms with Crippen molar-refractivity contribution in [2.24, 2.45) is 0 Å². The number of carbonyl (C=O) groups is 1. The van der Waals surface area contributed by atoms with Crippen LogP contribution >= 0.6 is 0 Å². The third kappa shape index (κ3) is 4.11. The first kappa shape index (κ1) is 17.7. The van der Waals surface area contributed by atoms with Gasteiger partial charge in [-0.15, -0.1) is 0 Å². The highest BCUT2D eigenvalue weighted by Crippen LogP contribution is 2.17. The molecule has 0 bridgehead atoms. The number of carbonyl (C=O) groups excluding carboxylic acids is 1. The van der Waals surface area contributed by atoms with Crippen molar-refractivity contribution in [2.45, 2.75) is 27.3 Å². The molecule has 1 N–H and O–H groups in total. The van der Waals surface area contributed by atoms with Crippen LogP contribution in [0.5, 0.6) is 5.75 Å². The fourth-order valence-corrected chi connectivity index (χ4v) is 2.73. The predicted molar refractivity (Wildman–Crippen MR) is 102 cm³/mol. The van der Waals surface area contributed by atoms with Crippen molar-refractivity contribution in [1.29, 1.82) is 0 Å². The van der Waals surface area contributed by atoms with E-state index in [0.29, 0.717) is 12.3 Å². The average Bonchev–Trinajstić information content (AvgIpc) is 3.07. The maximum atomic E-state index is 12.2. The van der Waals surface area contributed by atoms with E-state index >= 15 is 0 Å². The Labute approximate surface area is 153 Å². The van der Waals surface area contributed by atoms with Gasteiger partial charge in [-0.3, -0.25) is 4.79 Å². The Kier molecular flexibility index (Phi) is 5.37. The molecule has 0 saturated heterocycles. The molecule has 0 aliphatic carbocycles. The molecule has 1 heterocycles. The van der Waals surface area contributed by atoms with E-state index in [4.69, 9.17) is 4.74 Å². The van der Waals surface area contributed by atoms with E-state index in [2.05, 4.69) is 10.3 Å². The molecule has 5 heteroatoms. The van der Waals surface area contributed by atoms with Gasteiger partial charge in [-0.1, -0.05) is 24.3 Å². The molecular weight excluding hydrogens is 326 g/mol. The van der Waals surface area contributed by atoms with E-state index in [1.807, 2.05) is 74.0 Å². The summed E-state index contributed by atoms with van der Waals surface area (Å²) in [7, 11) is 0. The standard InChI is InChI=1S/C21H23N3O2/c1-15-8-9-19(12-16(15)2)26-14-21(25)23-13-18-6-4-5-7-20(18)24-11-10-22-17(24)3/h4-12H,13-14H2,1-3H3,(H,23,25). The van der Waals surface area contributed by atoms with Crippen LogP contribution in [-0.2, 0) is 11.3 Å². The van der Waals surface area contributed by atoms with Crippen LogP contribution < -0.4 is 10.1 Å². The van der Waals surface area contributed by atoms with Crippen LogP contribution in [0.1, 0.15) is 22.5 Å². The molecule has 0 radical (unpaired) electrons. The number of nitrogens with one attached hydrogen (secondary N) is 1. The molecule has 1 amide bonds. The largest absolute Gasteiger partial charge is 0.484 e. The third-order valence-electron chi connectivity index (χ3n) is 4.40. The molecule has 0 aliphatic rings. The predicted octanol–water partition coefficient (Wildman–Crippen LogP) is 3.49. The summed E-state index contributed by atoms with van der Waals surface area (Å²) >= 11 is 0. The van der Waals surface area contributed by atoms with Crippen LogP contribution in [0.15, 0.2) is 54.9 Å². The Morgan fingerprint density at radius 3 is 2.65 bits per heavy atom. The number of benzene rings is 2.